The average molecular weight is 263 g/mol. The maximum Gasteiger partial charge on any atom is 0.330 e. The van der Waals surface area contributed by atoms with Crippen LogP contribution in [0, 0.1) is 0 Å². The summed E-state index contributed by atoms with van der Waals surface area (Å²) in [6.07, 6.45) is 0.338. The van der Waals surface area contributed by atoms with Gasteiger partial charge in [-0.15, -0.1) is 0 Å². The van der Waals surface area contributed by atoms with Gasteiger partial charge in [0.1, 0.15) is 5.54 Å². The summed E-state index contributed by atoms with van der Waals surface area (Å²) in [6.45, 7) is 5.24. The van der Waals surface area contributed by atoms with Crippen LogP contribution in [-0.4, -0.2) is 24.5 Å². The zero-order valence-electron chi connectivity index (χ0n) is 11.9. The summed E-state index contributed by atoms with van der Waals surface area (Å²) in [6, 6.07) is 9.81. The fourth-order valence-electron chi connectivity index (χ4n) is 1.88. The smallest absolute Gasteiger partial charge is 0.330 e. The fourth-order valence-corrected chi connectivity index (χ4v) is 1.88. The van der Waals surface area contributed by atoms with Gasteiger partial charge in [-0.25, -0.2) is 4.79 Å². The highest BCUT2D eigenvalue weighted by Crippen LogP contribution is 2.18. The number of amides is 1. The predicted octanol–water partition coefficient (Wildman–Crippen LogP) is 2.25. The van der Waals surface area contributed by atoms with Gasteiger partial charge in [-0.3, -0.25) is 4.79 Å². The summed E-state index contributed by atoms with van der Waals surface area (Å²) in [5, 5.41) is 2.69. The van der Waals surface area contributed by atoms with Gasteiger partial charge in [0.2, 0.25) is 5.91 Å². The van der Waals surface area contributed by atoms with Crippen LogP contribution in [0.15, 0.2) is 30.3 Å². The van der Waals surface area contributed by atoms with Crippen LogP contribution in [-0.2, 0) is 14.3 Å². The number of rotatable bonds is 5. The molecule has 104 valence electrons. The van der Waals surface area contributed by atoms with Crippen LogP contribution in [0.1, 0.15) is 38.7 Å². The Kier molecular flexibility index (Phi) is 5.10. The quantitative estimate of drug-likeness (QED) is 0.829. The Labute approximate surface area is 114 Å². The molecule has 0 aliphatic heterocycles. The molecule has 4 nitrogen and oxygen atoms in total. The fraction of sp³-hybridized carbons (Fsp3) is 0.467. The van der Waals surface area contributed by atoms with E-state index in [2.05, 4.69) is 10.1 Å². The van der Waals surface area contributed by atoms with Crippen molar-refractivity contribution in [1.82, 2.24) is 5.32 Å². The first-order chi connectivity index (χ1) is 8.86. The first kappa shape index (κ1) is 15.2. The van der Waals surface area contributed by atoms with Gasteiger partial charge < -0.3 is 10.1 Å². The van der Waals surface area contributed by atoms with Gasteiger partial charge in [0, 0.05) is 6.42 Å². The van der Waals surface area contributed by atoms with Gasteiger partial charge in [0.05, 0.1) is 7.11 Å². The summed E-state index contributed by atoms with van der Waals surface area (Å²) < 4.78 is 4.65. The van der Waals surface area contributed by atoms with Gasteiger partial charge >= 0.3 is 5.97 Å². The minimum Gasteiger partial charge on any atom is -0.467 e. The van der Waals surface area contributed by atoms with Crippen LogP contribution in [0.2, 0.25) is 0 Å². The van der Waals surface area contributed by atoms with Gasteiger partial charge in [0.15, 0.2) is 0 Å². The molecule has 0 saturated heterocycles. The number of esters is 1. The Bertz CT molecular complexity index is 440. The SMILES string of the molecule is COC(=O)C(C)(C)NC(=O)CC(C)c1ccccc1. The van der Waals surface area contributed by atoms with Gasteiger partial charge in [-0.05, 0) is 25.3 Å². The second-order valence-electron chi connectivity index (χ2n) is 5.18. The summed E-state index contributed by atoms with van der Waals surface area (Å²) in [5.74, 6) is -0.505. The lowest BCUT2D eigenvalue weighted by Crippen LogP contribution is -2.50. The first-order valence-electron chi connectivity index (χ1n) is 6.31. The van der Waals surface area contributed by atoms with Crippen molar-refractivity contribution in [3.8, 4) is 0 Å². The van der Waals surface area contributed by atoms with Crippen molar-refractivity contribution in [3.63, 3.8) is 0 Å². The number of methoxy groups -OCH3 is 1. The highest BCUT2D eigenvalue weighted by molar-refractivity contribution is 5.87. The normalized spacial score (nSPS) is 12.6. The molecule has 0 spiro atoms. The standard InChI is InChI=1S/C15H21NO3/c1-11(12-8-6-5-7-9-12)10-13(17)16-15(2,3)14(18)19-4/h5-9,11H,10H2,1-4H3,(H,16,17). The van der Waals surface area contributed by atoms with Crippen LogP contribution in [0.3, 0.4) is 0 Å². The van der Waals surface area contributed by atoms with E-state index in [0.717, 1.165) is 5.56 Å². The summed E-state index contributed by atoms with van der Waals surface area (Å²) in [4.78, 5) is 23.4. The summed E-state index contributed by atoms with van der Waals surface area (Å²) in [7, 11) is 1.31. The molecule has 1 unspecified atom stereocenters. The second kappa shape index (κ2) is 6.36. The van der Waals surface area contributed by atoms with Crippen LogP contribution in [0.4, 0.5) is 0 Å². The molecular weight excluding hydrogens is 242 g/mol. The molecule has 0 aliphatic carbocycles. The largest absolute Gasteiger partial charge is 0.467 e. The Morgan fingerprint density at radius 1 is 1.26 bits per heavy atom. The molecule has 19 heavy (non-hydrogen) atoms. The number of hydrogen-bond donors (Lipinski definition) is 1. The highest BCUT2D eigenvalue weighted by Gasteiger charge is 2.30. The molecule has 1 aromatic rings. The topological polar surface area (TPSA) is 55.4 Å². The van der Waals surface area contributed by atoms with E-state index in [1.54, 1.807) is 13.8 Å². The number of ether oxygens (including phenoxy) is 1. The summed E-state index contributed by atoms with van der Waals surface area (Å²) >= 11 is 0. The van der Waals surface area contributed by atoms with Crippen LogP contribution >= 0.6 is 0 Å². The van der Waals surface area contributed by atoms with Crippen molar-refractivity contribution in [2.24, 2.45) is 0 Å². The lowest BCUT2D eigenvalue weighted by molar-refractivity contribution is -0.149. The third-order valence-corrected chi connectivity index (χ3v) is 3.01. The number of hydrogen-bond acceptors (Lipinski definition) is 3. The molecule has 0 aromatic heterocycles. The third kappa shape index (κ3) is 4.39. The second-order valence-corrected chi connectivity index (χ2v) is 5.18. The lowest BCUT2D eigenvalue weighted by Gasteiger charge is -2.24. The predicted molar refractivity (Wildman–Crippen MR) is 73.7 cm³/mol. The molecule has 1 rings (SSSR count). The Morgan fingerprint density at radius 3 is 2.37 bits per heavy atom. The number of nitrogens with one attached hydrogen (secondary N) is 1. The van der Waals surface area contributed by atoms with E-state index >= 15 is 0 Å². The lowest BCUT2D eigenvalue weighted by atomic mass is 9.96. The van der Waals surface area contributed by atoms with Crippen LogP contribution in [0.5, 0.6) is 0 Å². The van der Waals surface area contributed by atoms with Crippen molar-refractivity contribution >= 4 is 11.9 Å². The van der Waals surface area contributed by atoms with Crippen molar-refractivity contribution in [2.75, 3.05) is 7.11 Å². The zero-order valence-corrected chi connectivity index (χ0v) is 11.9. The van der Waals surface area contributed by atoms with Crippen molar-refractivity contribution < 1.29 is 14.3 Å². The van der Waals surface area contributed by atoms with Gasteiger partial charge in [0.25, 0.3) is 0 Å². The molecule has 0 aliphatic rings. The maximum atomic E-state index is 11.9. The van der Waals surface area contributed by atoms with E-state index in [-0.39, 0.29) is 11.8 Å². The molecule has 0 heterocycles. The minimum atomic E-state index is -0.998. The van der Waals surface area contributed by atoms with Crippen LogP contribution < -0.4 is 5.32 Å². The maximum absolute atomic E-state index is 11.9. The van der Waals surface area contributed by atoms with E-state index in [9.17, 15) is 9.59 Å². The molecule has 0 radical (unpaired) electrons. The minimum absolute atomic E-state index is 0.106. The van der Waals surface area contributed by atoms with Crippen molar-refractivity contribution in [1.29, 1.82) is 0 Å². The number of carbonyl (C=O) groups is 2. The summed E-state index contributed by atoms with van der Waals surface area (Å²) in [5.41, 5.74) is 0.107. The molecular formula is C15H21NO3. The third-order valence-electron chi connectivity index (χ3n) is 3.01. The van der Waals surface area contributed by atoms with Crippen molar-refractivity contribution in [3.05, 3.63) is 35.9 Å². The zero-order chi connectivity index (χ0) is 14.5. The molecule has 0 fully saturated rings. The highest BCUT2D eigenvalue weighted by atomic mass is 16.5. The van der Waals surface area contributed by atoms with E-state index < -0.39 is 11.5 Å². The first-order valence-corrected chi connectivity index (χ1v) is 6.31. The monoisotopic (exact) mass is 263 g/mol. The molecule has 1 aromatic carbocycles. The van der Waals surface area contributed by atoms with Crippen LogP contribution in [0.25, 0.3) is 0 Å². The molecule has 0 saturated carbocycles. The van der Waals surface area contributed by atoms with E-state index in [0.29, 0.717) is 6.42 Å². The molecule has 0 bridgehead atoms. The Hall–Kier alpha value is -1.84. The Balaban J connectivity index is 2.59. The molecule has 1 N–H and O–H groups in total. The molecule has 4 heteroatoms. The van der Waals surface area contributed by atoms with Crippen molar-refractivity contribution in [2.45, 2.75) is 38.6 Å². The Morgan fingerprint density at radius 2 is 1.84 bits per heavy atom. The van der Waals surface area contributed by atoms with Gasteiger partial charge in [-0.2, -0.15) is 0 Å². The number of benzene rings is 1. The molecule has 1 atom stereocenters. The van der Waals surface area contributed by atoms with Gasteiger partial charge in [-0.1, -0.05) is 37.3 Å². The average Bonchev–Trinajstić information content (AvgIpc) is 2.37. The van der Waals surface area contributed by atoms with E-state index in [4.69, 9.17) is 0 Å². The van der Waals surface area contributed by atoms with E-state index in [1.165, 1.54) is 7.11 Å². The van der Waals surface area contributed by atoms with E-state index in [1.807, 2.05) is 37.3 Å². The molecule has 1 amide bonds. The number of carbonyl (C=O) groups excluding carboxylic acids is 2.